The van der Waals surface area contributed by atoms with Gasteiger partial charge in [0.2, 0.25) is 0 Å². The van der Waals surface area contributed by atoms with Crippen LogP contribution >= 0.6 is 0 Å². The maximum atomic E-state index is 4.49. The van der Waals surface area contributed by atoms with Gasteiger partial charge in [0.05, 0.1) is 0 Å². The van der Waals surface area contributed by atoms with Crippen molar-refractivity contribution in [2.24, 2.45) is 0 Å². The van der Waals surface area contributed by atoms with Gasteiger partial charge in [0, 0.05) is 0 Å². The SMILES string of the molecule is [CH3-].[Rh+2].[c-]1ccccc1-n1cc(-c2ccc3c(c2)[se]c2ccccc23)cn1. The standard InChI is InChI=1S/C21H13N2Se.CH3.Rh/c1-2-6-17(7-3-1)23-14-16(13-22-23)15-10-11-19-18-8-4-5-9-20(18)24-21(19)12-15;;/h1-6,8-14H;1H3;/q2*-1;+2. The molecule has 0 aliphatic heterocycles. The molecule has 0 saturated heterocycles. The average Bonchev–Trinajstić information content (AvgIpc) is 3.27. The molecule has 0 spiro atoms. The molecule has 0 bridgehead atoms. The molecule has 5 rings (SSSR count). The van der Waals surface area contributed by atoms with E-state index in [2.05, 4.69) is 59.8 Å². The fourth-order valence-electron chi connectivity index (χ4n) is 3.04. The number of hydrogen-bond acceptors (Lipinski definition) is 1. The summed E-state index contributed by atoms with van der Waals surface area (Å²) in [6, 6.07) is 26.6. The number of rotatable bonds is 2. The van der Waals surface area contributed by atoms with Gasteiger partial charge in [0.15, 0.2) is 0 Å². The van der Waals surface area contributed by atoms with Crippen molar-refractivity contribution in [2.45, 2.75) is 0 Å². The van der Waals surface area contributed by atoms with Crippen LogP contribution in [-0.4, -0.2) is 24.3 Å². The van der Waals surface area contributed by atoms with Crippen LogP contribution in [0.15, 0.2) is 79.1 Å². The van der Waals surface area contributed by atoms with E-state index in [1.165, 1.54) is 24.9 Å². The number of fused-ring (bicyclic) bond motifs is 3. The van der Waals surface area contributed by atoms with E-state index in [1.807, 2.05) is 35.1 Å². The third-order valence-electron chi connectivity index (χ3n) is 4.23. The van der Waals surface area contributed by atoms with Gasteiger partial charge < -0.3 is 7.43 Å². The molecule has 2 aromatic heterocycles. The van der Waals surface area contributed by atoms with Crippen molar-refractivity contribution in [3.8, 4) is 16.8 Å². The van der Waals surface area contributed by atoms with Crippen molar-refractivity contribution in [1.29, 1.82) is 0 Å². The molecule has 0 atom stereocenters. The van der Waals surface area contributed by atoms with Crippen LogP contribution in [0.3, 0.4) is 0 Å². The Morgan fingerprint density at radius 1 is 0.846 bits per heavy atom. The van der Waals surface area contributed by atoms with Crippen molar-refractivity contribution in [2.75, 3.05) is 0 Å². The zero-order valence-corrected chi connectivity index (χ0v) is 17.5. The molecule has 129 valence electrons. The van der Waals surface area contributed by atoms with Gasteiger partial charge >= 0.3 is 165 Å². The minimum atomic E-state index is 0. The van der Waals surface area contributed by atoms with Crippen molar-refractivity contribution in [3.05, 3.63) is 92.6 Å². The molecule has 0 unspecified atom stereocenters. The quantitative estimate of drug-likeness (QED) is 0.247. The molecule has 0 N–H and O–H groups in total. The fraction of sp³-hybridized carbons (Fsp3) is 0. The minimum absolute atomic E-state index is 0. The first-order valence-corrected chi connectivity index (χ1v) is 9.53. The molecule has 26 heavy (non-hydrogen) atoms. The number of aromatic nitrogens is 2. The number of nitrogens with zero attached hydrogens (tertiary/aromatic N) is 2. The normalized spacial score (nSPS) is 10.5. The molecule has 3 aromatic carbocycles. The van der Waals surface area contributed by atoms with E-state index in [0.29, 0.717) is 14.5 Å². The van der Waals surface area contributed by atoms with E-state index in [-0.39, 0.29) is 26.9 Å². The van der Waals surface area contributed by atoms with Gasteiger partial charge in [-0.1, -0.05) is 0 Å². The Morgan fingerprint density at radius 3 is 2.50 bits per heavy atom. The first kappa shape index (κ1) is 18.8. The van der Waals surface area contributed by atoms with Gasteiger partial charge in [-0.05, 0) is 0 Å². The van der Waals surface area contributed by atoms with Gasteiger partial charge in [-0.15, -0.1) is 0 Å². The first-order valence-electron chi connectivity index (χ1n) is 7.82. The predicted molar refractivity (Wildman–Crippen MR) is 106 cm³/mol. The predicted octanol–water partition coefficient (Wildman–Crippen LogP) is 5.15. The molecule has 1 radical (unpaired) electrons. The van der Waals surface area contributed by atoms with Gasteiger partial charge in [-0.25, -0.2) is 0 Å². The molecular weight excluding hydrogens is 474 g/mol. The van der Waals surface area contributed by atoms with E-state index in [1.54, 1.807) is 0 Å². The summed E-state index contributed by atoms with van der Waals surface area (Å²) < 4.78 is 4.81. The zero-order chi connectivity index (χ0) is 15.9. The molecule has 2 nitrogen and oxygen atoms in total. The Morgan fingerprint density at radius 2 is 1.65 bits per heavy atom. The van der Waals surface area contributed by atoms with Crippen LogP contribution in [-0.2, 0) is 19.5 Å². The molecular formula is C22H16N2RhSe. The molecule has 5 aromatic rings. The zero-order valence-electron chi connectivity index (χ0n) is 14.1. The maximum absolute atomic E-state index is 4.49. The number of para-hydroxylation sites is 1. The average molecular weight is 490 g/mol. The molecule has 0 aliphatic carbocycles. The van der Waals surface area contributed by atoms with Crippen molar-refractivity contribution in [3.63, 3.8) is 0 Å². The van der Waals surface area contributed by atoms with Crippen LogP contribution in [0.5, 0.6) is 0 Å². The van der Waals surface area contributed by atoms with Crippen LogP contribution in [0.1, 0.15) is 0 Å². The molecule has 2 heterocycles. The Balaban J connectivity index is 0.000000980. The summed E-state index contributed by atoms with van der Waals surface area (Å²) in [7, 11) is 0. The Bertz CT molecular complexity index is 1160. The summed E-state index contributed by atoms with van der Waals surface area (Å²) in [5, 5.41) is 7.27. The summed E-state index contributed by atoms with van der Waals surface area (Å²) in [6.45, 7) is 0. The van der Waals surface area contributed by atoms with Gasteiger partial charge in [-0.3, -0.25) is 0 Å². The van der Waals surface area contributed by atoms with Crippen LogP contribution < -0.4 is 0 Å². The Kier molecular flexibility index (Phi) is 5.58. The third-order valence-corrected chi connectivity index (χ3v) is 6.61. The van der Waals surface area contributed by atoms with Crippen LogP contribution in [0.4, 0.5) is 0 Å². The molecule has 0 amide bonds. The number of benzene rings is 3. The van der Waals surface area contributed by atoms with E-state index < -0.39 is 0 Å². The molecule has 0 aliphatic rings. The Hall–Kier alpha value is -1.99. The van der Waals surface area contributed by atoms with Gasteiger partial charge in [0.1, 0.15) is 0 Å². The van der Waals surface area contributed by atoms with Crippen LogP contribution in [0.25, 0.3) is 36.1 Å². The van der Waals surface area contributed by atoms with Crippen molar-refractivity contribution < 1.29 is 19.5 Å². The van der Waals surface area contributed by atoms with Crippen molar-refractivity contribution in [1.82, 2.24) is 9.78 Å². The van der Waals surface area contributed by atoms with Gasteiger partial charge in [-0.2, -0.15) is 0 Å². The Labute approximate surface area is 172 Å². The summed E-state index contributed by atoms with van der Waals surface area (Å²) in [5.74, 6) is 0. The summed E-state index contributed by atoms with van der Waals surface area (Å²) in [4.78, 5) is 0. The molecule has 0 fully saturated rings. The summed E-state index contributed by atoms with van der Waals surface area (Å²) in [6.07, 6.45) is 4.00. The third kappa shape index (κ3) is 3.21. The van der Waals surface area contributed by atoms with Crippen LogP contribution in [0, 0.1) is 13.5 Å². The summed E-state index contributed by atoms with van der Waals surface area (Å²) in [5.41, 5.74) is 3.33. The monoisotopic (exact) mass is 491 g/mol. The molecule has 0 saturated carbocycles. The second-order valence-electron chi connectivity index (χ2n) is 5.73. The molecule has 4 heteroatoms. The van der Waals surface area contributed by atoms with Crippen LogP contribution in [0.2, 0.25) is 0 Å². The van der Waals surface area contributed by atoms with Crippen molar-refractivity contribution >= 4 is 33.8 Å². The van der Waals surface area contributed by atoms with Gasteiger partial charge in [0.25, 0.3) is 0 Å². The number of hydrogen-bond donors (Lipinski definition) is 0. The van der Waals surface area contributed by atoms with E-state index >= 15 is 0 Å². The van der Waals surface area contributed by atoms with E-state index in [9.17, 15) is 0 Å². The van der Waals surface area contributed by atoms with E-state index in [4.69, 9.17) is 0 Å². The van der Waals surface area contributed by atoms with E-state index in [0.717, 1.165) is 11.3 Å². The second kappa shape index (κ2) is 7.72. The second-order valence-corrected chi connectivity index (χ2v) is 8.00. The first-order chi connectivity index (χ1) is 11.9. The summed E-state index contributed by atoms with van der Waals surface area (Å²) >= 11 is 0.394. The fourth-order valence-corrected chi connectivity index (χ4v) is 5.44. The topological polar surface area (TPSA) is 17.8 Å².